The van der Waals surface area contributed by atoms with Crippen LogP contribution in [-0.2, 0) is 11.3 Å². The molecule has 1 unspecified atom stereocenters. The quantitative estimate of drug-likeness (QED) is 0.882. The molecule has 2 aliphatic rings. The molecule has 1 spiro atoms. The van der Waals surface area contributed by atoms with Crippen LogP contribution >= 0.6 is 11.6 Å². The lowest BCUT2D eigenvalue weighted by Gasteiger charge is -2.37. The van der Waals surface area contributed by atoms with E-state index in [1.807, 2.05) is 6.20 Å². The summed E-state index contributed by atoms with van der Waals surface area (Å²) in [6, 6.07) is 4.52. The number of nitrogens with two attached hydrogens (primary N) is 1. The predicted molar refractivity (Wildman–Crippen MR) is 96.6 cm³/mol. The molecule has 1 aromatic carbocycles. The molecule has 0 aliphatic carbocycles. The second-order valence-electron chi connectivity index (χ2n) is 7.33. The highest BCUT2D eigenvalue weighted by Crippen LogP contribution is 2.44. The second-order valence-corrected chi connectivity index (χ2v) is 7.74. The second kappa shape index (κ2) is 7.23. The zero-order valence-electron chi connectivity index (χ0n) is 14.6. The van der Waals surface area contributed by atoms with E-state index in [0.29, 0.717) is 18.2 Å². The first-order valence-corrected chi connectivity index (χ1v) is 9.34. The molecule has 2 fully saturated rings. The molecule has 0 saturated carbocycles. The lowest BCUT2D eigenvalue weighted by Crippen LogP contribution is -2.39. The number of benzene rings is 1. The summed E-state index contributed by atoms with van der Waals surface area (Å²) in [5.74, 6) is 0.0553. The van der Waals surface area contributed by atoms with E-state index >= 15 is 0 Å². The van der Waals surface area contributed by atoms with E-state index in [1.54, 1.807) is 16.8 Å². The number of rotatable bonds is 4. The molecule has 2 aliphatic heterocycles. The van der Waals surface area contributed by atoms with Crippen molar-refractivity contribution >= 4 is 11.6 Å². The molecule has 140 valence electrons. The van der Waals surface area contributed by atoms with Crippen LogP contribution < -0.4 is 5.73 Å². The van der Waals surface area contributed by atoms with Crippen LogP contribution in [0, 0.1) is 17.2 Å². The van der Waals surface area contributed by atoms with Crippen LogP contribution in [-0.4, -0.2) is 52.7 Å². The highest BCUT2D eigenvalue weighted by atomic mass is 35.5. The Morgan fingerprint density at radius 3 is 2.88 bits per heavy atom. The number of aromatic nitrogens is 3. The molecule has 6 nitrogen and oxygen atoms in total. The molecular weight excluding hydrogens is 357 g/mol. The molecule has 0 amide bonds. The maximum Gasteiger partial charge on any atom is 0.141 e. The SMILES string of the molecule is NCC1CN(Cc2cn(-c3ccc(F)c(Cl)c3)nn2)CC12CCOCC2. The Hall–Kier alpha value is -1.54. The first-order chi connectivity index (χ1) is 12.6. The van der Waals surface area contributed by atoms with Gasteiger partial charge >= 0.3 is 0 Å². The summed E-state index contributed by atoms with van der Waals surface area (Å²) in [6.07, 6.45) is 4.02. The maximum atomic E-state index is 13.3. The Bertz CT molecular complexity index is 777. The van der Waals surface area contributed by atoms with E-state index in [2.05, 4.69) is 15.2 Å². The van der Waals surface area contributed by atoms with Crippen molar-refractivity contribution in [1.82, 2.24) is 19.9 Å². The molecule has 4 rings (SSSR count). The number of hydrogen-bond acceptors (Lipinski definition) is 5. The monoisotopic (exact) mass is 379 g/mol. The van der Waals surface area contributed by atoms with Gasteiger partial charge in [0.2, 0.25) is 0 Å². The lowest BCUT2D eigenvalue weighted by molar-refractivity contribution is 0.000998. The third-order valence-corrected chi connectivity index (χ3v) is 6.04. The van der Waals surface area contributed by atoms with Crippen LogP contribution in [0.4, 0.5) is 4.39 Å². The van der Waals surface area contributed by atoms with Gasteiger partial charge in [-0.3, -0.25) is 4.90 Å². The summed E-state index contributed by atoms with van der Waals surface area (Å²) >= 11 is 5.86. The van der Waals surface area contributed by atoms with E-state index < -0.39 is 5.82 Å². The largest absolute Gasteiger partial charge is 0.381 e. The molecule has 0 bridgehead atoms. The van der Waals surface area contributed by atoms with Crippen molar-refractivity contribution in [1.29, 1.82) is 0 Å². The zero-order valence-corrected chi connectivity index (χ0v) is 15.3. The summed E-state index contributed by atoms with van der Waals surface area (Å²) in [7, 11) is 0. The number of hydrogen-bond donors (Lipinski definition) is 1. The molecule has 26 heavy (non-hydrogen) atoms. The normalized spacial score (nSPS) is 23.0. The van der Waals surface area contributed by atoms with E-state index in [0.717, 1.165) is 51.4 Å². The fourth-order valence-electron chi connectivity index (χ4n) is 4.29. The van der Waals surface area contributed by atoms with Crippen molar-refractivity contribution in [2.45, 2.75) is 19.4 Å². The summed E-state index contributed by atoms with van der Waals surface area (Å²) in [5.41, 5.74) is 7.90. The van der Waals surface area contributed by atoms with Gasteiger partial charge in [0.05, 0.1) is 22.6 Å². The first kappa shape index (κ1) is 17.9. The number of halogens is 2. The summed E-state index contributed by atoms with van der Waals surface area (Å²) in [4.78, 5) is 2.41. The minimum absolute atomic E-state index is 0.0753. The van der Waals surface area contributed by atoms with Crippen LogP contribution in [0.3, 0.4) is 0 Å². The van der Waals surface area contributed by atoms with E-state index in [1.165, 1.54) is 6.07 Å². The van der Waals surface area contributed by atoms with Gasteiger partial charge in [-0.15, -0.1) is 5.10 Å². The van der Waals surface area contributed by atoms with Crippen molar-refractivity contribution in [2.24, 2.45) is 17.1 Å². The Labute approximate surface area is 157 Å². The lowest BCUT2D eigenvalue weighted by atomic mass is 9.72. The molecule has 8 heteroatoms. The summed E-state index contributed by atoms with van der Waals surface area (Å²) in [5, 5.41) is 8.50. The van der Waals surface area contributed by atoms with Gasteiger partial charge in [0.15, 0.2) is 0 Å². The van der Waals surface area contributed by atoms with Gasteiger partial charge in [0.25, 0.3) is 0 Å². The van der Waals surface area contributed by atoms with Crippen LogP contribution in [0.25, 0.3) is 5.69 Å². The Balaban J connectivity index is 1.46. The smallest absolute Gasteiger partial charge is 0.141 e. The number of likely N-dealkylation sites (tertiary alicyclic amines) is 1. The summed E-state index contributed by atoms with van der Waals surface area (Å²) < 4.78 is 20.5. The molecule has 3 heterocycles. The first-order valence-electron chi connectivity index (χ1n) is 8.96. The Morgan fingerprint density at radius 1 is 1.35 bits per heavy atom. The Kier molecular flexibility index (Phi) is 4.96. The van der Waals surface area contributed by atoms with Gasteiger partial charge in [-0.1, -0.05) is 16.8 Å². The standard InChI is InChI=1S/C18H23ClFN5O/c19-16-7-15(1-2-17(16)20)25-11-14(22-23-25)10-24-9-13(8-21)18(12-24)3-5-26-6-4-18/h1-2,7,11,13H,3-6,8-10,12,21H2. The van der Waals surface area contributed by atoms with Gasteiger partial charge in [-0.2, -0.15) is 0 Å². The predicted octanol–water partition coefficient (Wildman–Crippen LogP) is 2.25. The van der Waals surface area contributed by atoms with Gasteiger partial charge in [0.1, 0.15) is 5.82 Å². The van der Waals surface area contributed by atoms with E-state index in [4.69, 9.17) is 22.1 Å². The Morgan fingerprint density at radius 2 is 2.15 bits per heavy atom. The molecule has 1 aromatic heterocycles. The van der Waals surface area contributed by atoms with Crippen LogP contribution in [0.15, 0.2) is 24.4 Å². The van der Waals surface area contributed by atoms with Crippen molar-refractivity contribution in [3.05, 3.63) is 40.9 Å². The average Bonchev–Trinajstić information content (AvgIpc) is 3.23. The number of ether oxygens (including phenoxy) is 1. The van der Waals surface area contributed by atoms with Crippen molar-refractivity contribution in [3.8, 4) is 5.69 Å². The third-order valence-electron chi connectivity index (χ3n) is 5.75. The molecule has 1 atom stereocenters. The fraction of sp³-hybridized carbons (Fsp3) is 0.556. The molecule has 0 radical (unpaired) electrons. The highest BCUT2D eigenvalue weighted by Gasteiger charge is 2.46. The zero-order chi connectivity index (χ0) is 18.1. The molecule has 2 N–H and O–H groups in total. The fourth-order valence-corrected chi connectivity index (χ4v) is 4.46. The van der Waals surface area contributed by atoms with Crippen molar-refractivity contribution < 1.29 is 9.13 Å². The van der Waals surface area contributed by atoms with Gasteiger partial charge in [-0.05, 0) is 48.9 Å². The van der Waals surface area contributed by atoms with E-state index in [9.17, 15) is 4.39 Å². The van der Waals surface area contributed by atoms with Gasteiger partial charge in [-0.25, -0.2) is 9.07 Å². The summed E-state index contributed by atoms with van der Waals surface area (Å²) in [6.45, 7) is 5.09. The molecule has 2 aromatic rings. The number of nitrogens with zero attached hydrogens (tertiary/aromatic N) is 4. The average molecular weight is 380 g/mol. The van der Waals surface area contributed by atoms with E-state index in [-0.39, 0.29) is 10.4 Å². The minimum Gasteiger partial charge on any atom is -0.381 e. The molecule has 2 saturated heterocycles. The highest BCUT2D eigenvalue weighted by molar-refractivity contribution is 6.30. The topological polar surface area (TPSA) is 69.2 Å². The van der Waals surface area contributed by atoms with Crippen LogP contribution in [0.1, 0.15) is 18.5 Å². The molecular formula is C18H23ClFN5O. The third kappa shape index (κ3) is 3.36. The van der Waals surface area contributed by atoms with Crippen molar-refractivity contribution in [2.75, 3.05) is 32.8 Å². The minimum atomic E-state index is -0.442. The van der Waals surface area contributed by atoms with Crippen molar-refractivity contribution in [3.63, 3.8) is 0 Å². The maximum absolute atomic E-state index is 13.3. The van der Waals surface area contributed by atoms with Crippen LogP contribution in [0.2, 0.25) is 5.02 Å². The van der Waals surface area contributed by atoms with Gasteiger partial charge < -0.3 is 10.5 Å². The van der Waals surface area contributed by atoms with Gasteiger partial charge in [0, 0.05) is 32.8 Å². The van der Waals surface area contributed by atoms with Crippen LogP contribution in [0.5, 0.6) is 0 Å².